The monoisotopic (exact) mass is 546 g/mol. The van der Waals surface area contributed by atoms with Crippen LogP contribution < -0.4 is 15.7 Å². The van der Waals surface area contributed by atoms with E-state index in [0.29, 0.717) is 23.8 Å². The largest absolute Gasteiger partial charge is 0.495 e. The lowest BCUT2D eigenvalue weighted by Gasteiger charge is -2.39. The van der Waals surface area contributed by atoms with Crippen molar-refractivity contribution in [1.29, 1.82) is 0 Å². The number of carbonyl (C=O) groups is 1. The van der Waals surface area contributed by atoms with Crippen LogP contribution in [0.3, 0.4) is 0 Å². The Balaban J connectivity index is 0.00000121. The molecule has 4 heterocycles. The smallest absolute Gasteiger partial charge is 0.399 e. The predicted molar refractivity (Wildman–Crippen MR) is 161 cm³/mol. The summed E-state index contributed by atoms with van der Waals surface area (Å²) in [6.45, 7) is 10.3. The van der Waals surface area contributed by atoms with Crippen LogP contribution in [0.2, 0.25) is 0 Å². The summed E-state index contributed by atoms with van der Waals surface area (Å²) in [6.07, 6.45) is 13.8. The van der Waals surface area contributed by atoms with Gasteiger partial charge in [0.05, 0.1) is 39.9 Å². The molecule has 9 heteroatoms. The second-order valence-electron chi connectivity index (χ2n) is 12.2. The lowest BCUT2D eigenvalue weighted by molar-refractivity contribution is -0.00532. The normalized spacial score (nSPS) is 22.2. The molecule has 214 valence electrons. The topological polar surface area (TPSA) is 87.2 Å². The van der Waals surface area contributed by atoms with Crippen LogP contribution in [0.5, 0.6) is 0 Å². The minimum Gasteiger partial charge on any atom is -0.399 e. The molecule has 0 bridgehead atoms. The van der Waals surface area contributed by atoms with Gasteiger partial charge in [0.2, 0.25) is 0 Å². The first-order valence-corrected chi connectivity index (χ1v) is 13.8. The molecule has 0 atom stereocenters. The third-order valence-electron chi connectivity index (χ3n) is 9.15. The number of benzene rings is 1. The lowest BCUT2D eigenvalue weighted by Crippen LogP contribution is -2.45. The Morgan fingerprint density at radius 1 is 1.05 bits per heavy atom. The number of hydrogen-bond donors (Lipinski definition) is 2. The third kappa shape index (κ3) is 5.21. The Morgan fingerprint density at radius 3 is 2.23 bits per heavy atom. The second-order valence-corrected chi connectivity index (χ2v) is 12.2. The molecule has 2 N–H and O–H groups in total. The number of amides is 1. The SMILES string of the molecule is C.C#C.CN1Cc2c(B3OC(C)(C)C(C)(C)O3)ccc(Nc3ccc(N4CCC(O)(C5CC5)CC4)cn3)c2C1=O. The van der Waals surface area contributed by atoms with Gasteiger partial charge in [-0.3, -0.25) is 4.79 Å². The van der Waals surface area contributed by atoms with Crippen LogP contribution in [0, 0.1) is 18.8 Å². The van der Waals surface area contributed by atoms with E-state index in [1.54, 1.807) is 4.90 Å². The van der Waals surface area contributed by atoms with Crippen molar-refractivity contribution in [2.45, 2.75) is 84.2 Å². The molecular weight excluding hydrogens is 503 g/mol. The van der Waals surface area contributed by atoms with E-state index in [4.69, 9.17) is 9.31 Å². The van der Waals surface area contributed by atoms with Gasteiger partial charge in [0.25, 0.3) is 5.91 Å². The summed E-state index contributed by atoms with van der Waals surface area (Å²) in [5.41, 5.74) is 2.89. The predicted octanol–water partition coefficient (Wildman–Crippen LogP) is 4.34. The Labute approximate surface area is 239 Å². The Hall–Kier alpha value is -3.06. The summed E-state index contributed by atoms with van der Waals surface area (Å²) in [4.78, 5) is 21.8. The number of piperidine rings is 1. The van der Waals surface area contributed by atoms with Crippen LogP contribution in [0.15, 0.2) is 30.5 Å². The van der Waals surface area contributed by atoms with Crippen LogP contribution in [0.1, 0.15) is 76.7 Å². The minimum atomic E-state index is -0.522. The maximum atomic E-state index is 13.2. The molecule has 1 saturated carbocycles. The summed E-state index contributed by atoms with van der Waals surface area (Å²) in [5.74, 6) is 1.16. The standard InChI is InChI=1S/C28H37BN4O4.C2H2.CH4/c1-26(2)27(3,4)37-29(36-26)21-9-10-22(24-20(21)17-32(5)25(24)34)31-23-11-8-19(16-30-23)33-14-12-28(35,13-15-33)18-6-7-18;1-2;/h8-11,16,18,35H,6-7,12-15,17H2,1-5H3,(H,30,31);1-2H;1H4. The van der Waals surface area contributed by atoms with Crippen molar-refractivity contribution in [2.24, 2.45) is 5.92 Å². The van der Waals surface area contributed by atoms with Crippen LogP contribution in [0.4, 0.5) is 17.2 Å². The summed E-state index contributed by atoms with van der Waals surface area (Å²) < 4.78 is 12.6. The molecule has 1 aromatic carbocycles. The summed E-state index contributed by atoms with van der Waals surface area (Å²) in [5, 5.41) is 14.2. The number of carbonyl (C=O) groups excluding carboxylic acids is 1. The van der Waals surface area contributed by atoms with Crippen molar-refractivity contribution in [3.8, 4) is 12.8 Å². The van der Waals surface area contributed by atoms with Gasteiger partial charge < -0.3 is 29.5 Å². The molecule has 1 aromatic heterocycles. The molecule has 0 unspecified atom stereocenters. The van der Waals surface area contributed by atoms with Gasteiger partial charge in [0.15, 0.2) is 0 Å². The van der Waals surface area contributed by atoms with Gasteiger partial charge in [-0.05, 0) is 88.5 Å². The summed E-state index contributed by atoms with van der Waals surface area (Å²) in [7, 11) is 1.29. The molecule has 8 nitrogen and oxygen atoms in total. The van der Waals surface area contributed by atoms with Crippen LogP contribution in [0.25, 0.3) is 0 Å². The summed E-state index contributed by atoms with van der Waals surface area (Å²) in [6, 6.07) is 7.94. The van der Waals surface area contributed by atoms with Crippen LogP contribution in [-0.4, -0.2) is 65.0 Å². The number of aromatic nitrogens is 1. The third-order valence-corrected chi connectivity index (χ3v) is 9.15. The highest BCUT2D eigenvalue weighted by molar-refractivity contribution is 6.63. The molecule has 3 aliphatic heterocycles. The van der Waals surface area contributed by atoms with Gasteiger partial charge in [-0.25, -0.2) is 4.98 Å². The van der Waals surface area contributed by atoms with Gasteiger partial charge in [-0.15, -0.1) is 12.8 Å². The van der Waals surface area contributed by atoms with Crippen molar-refractivity contribution in [2.75, 3.05) is 30.4 Å². The van der Waals surface area contributed by atoms with Gasteiger partial charge in [-0.2, -0.15) is 0 Å². The lowest BCUT2D eigenvalue weighted by atomic mass is 9.74. The van der Waals surface area contributed by atoms with Gasteiger partial charge in [0.1, 0.15) is 5.82 Å². The molecule has 1 aliphatic carbocycles. The number of pyridine rings is 1. The number of hydrogen-bond acceptors (Lipinski definition) is 7. The molecule has 1 amide bonds. The van der Waals surface area contributed by atoms with Crippen molar-refractivity contribution in [3.63, 3.8) is 0 Å². The Morgan fingerprint density at radius 2 is 1.68 bits per heavy atom. The van der Waals surface area contributed by atoms with Gasteiger partial charge >= 0.3 is 7.12 Å². The number of nitrogens with one attached hydrogen (secondary N) is 1. The molecule has 0 radical (unpaired) electrons. The zero-order chi connectivity index (χ0) is 28.2. The average molecular weight is 547 g/mol. The van der Waals surface area contributed by atoms with E-state index in [2.05, 4.69) is 34.1 Å². The van der Waals surface area contributed by atoms with E-state index in [0.717, 1.165) is 61.2 Å². The van der Waals surface area contributed by atoms with Crippen LogP contribution in [-0.2, 0) is 15.9 Å². The molecule has 2 saturated heterocycles. The maximum absolute atomic E-state index is 13.2. The van der Waals surface area contributed by atoms with Crippen molar-refractivity contribution in [3.05, 3.63) is 41.6 Å². The van der Waals surface area contributed by atoms with E-state index in [-0.39, 0.29) is 13.3 Å². The zero-order valence-electron chi connectivity index (χ0n) is 23.7. The fourth-order valence-electron chi connectivity index (χ4n) is 5.84. The fourth-order valence-corrected chi connectivity index (χ4v) is 5.84. The van der Waals surface area contributed by atoms with Gasteiger partial charge in [0, 0.05) is 26.7 Å². The van der Waals surface area contributed by atoms with Crippen LogP contribution >= 0.6 is 0 Å². The first-order valence-electron chi connectivity index (χ1n) is 13.8. The highest BCUT2D eigenvalue weighted by Crippen LogP contribution is 2.45. The Bertz CT molecular complexity index is 1250. The highest BCUT2D eigenvalue weighted by Gasteiger charge is 2.53. The molecule has 3 fully saturated rings. The number of fused-ring (bicyclic) bond motifs is 1. The van der Waals surface area contributed by atoms with Crippen molar-refractivity contribution in [1.82, 2.24) is 9.88 Å². The molecule has 40 heavy (non-hydrogen) atoms. The quantitative estimate of drug-likeness (QED) is 0.426. The zero-order valence-corrected chi connectivity index (χ0v) is 23.7. The molecule has 2 aromatic rings. The van der Waals surface area contributed by atoms with E-state index in [9.17, 15) is 9.90 Å². The number of anilines is 3. The number of aliphatic hydroxyl groups is 1. The molecule has 4 aliphatic rings. The van der Waals surface area contributed by atoms with E-state index in [1.165, 1.54) is 0 Å². The van der Waals surface area contributed by atoms with E-state index < -0.39 is 23.9 Å². The first kappa shape index (κ1) is 29.9. The molecule has 6 rings (SSSR count). The maximum Gasteiger partial charge on any atom is 0.495 e. The van der Waals surface area contributed by atoms with Crippen molar-refractivity contribution >= 4 is 35.7 Å². The first-order chi connectivity index (χ1) is 18.5. The number of nitrogens with zero attached hydrogens (tertiary/aromatic N) is 3. The van der Waals surface area contributed by atoms with Crippen molar-refractivity contribution < 1.29 is 19.2 Å². The highest BCUT2D eigenvalue weighted by atomic mass is 16.7. The van der Waals surface area contributed by atoms with E-state index in [1.807, 2.05) is 59.1 Å². The minimum absolute atomic E-state index is 0. The summed E-state index contributed by atoms with van der Waals surface area (Å²) >= 11 is 0. The van der Waals surface area contributed by atoms with Gasteiger partial charge in [-0.1, -0.05) is 13.5 Å². The number of rotatable bonds is 5. The second kappa shape index (κ2) is 10.7. The fraction of sp³-hybridized carbons (Fsp3) is 0.548. The Kier molecular flexibility index (Phi) is 8.03. The molecule has 0 spiro atoms. The average Bonchev–Trinajstić information content (AvgIpc) is 3.69. The van der Waals surface area contributed by atoms with E-state index >= 15 is 0 Å². The molecular formula is C31H43BN4O4. The number of terminal acetylenes is 1.